The summed E-state index contributed by atoms with van der Waals surface area (Å²) in [5, 5.41) is 3.55. The van der Waals surface area contributed by atoms with E-state index >= 15 is 0 Å². The standard InChI is InChI=1S/C18H30FN/c1-13(2)11-20-12-16(18(4,5)6)9-15-10-17(19)8-7-14(15)3/h7-8,10,13,16,20H,9,11-12H2,1-6H3. The third kappa shape index (κ3) is 5.62. The fourth-order valence-corrected chi connectivity index (χ4v) is 2.36. The number of benzene rings is 1. The molecule has 2 heteroatoms. The molecule has 0 saturated heterocycles. The summed E-state index contributed by atoms with van der Waals surface area (Å²) in [5.74, 6) is 1.03. The molecule has 0 spiro atoms. The molecule has 0 heterocycles. The first kappa shape index (κ1) is 17.2. The second kappa shape index (κ2) is 7.21. The Kier molecular flexibility index (Phi) is 6.19. The SMILES string of the molecule is Cc1ccc(F)cc1CC(CNCC(C)C)C(C)(C)C. The Morgan fingerprint density at radius 1 is 1.15 bits per heavy atom. The van der Waals surface area contributed by atoms with Gasteiger partial charge in [-0.1, -0.05) is 40.7 Å². The lowest BCUT2D eigenvalue weighted by atomic mass is 9.76. The summed E-state index contributed by atoms with van der Waals surface area (Å²) in [6, 6.07) is 5.12. The molecule has 0 radical (unpaired) electrons. The Labute approximate surface area is 124 Å². The Morgan fingerprint density at radius 2 is 1.80 bits per heavy atom. The van der Waals surface area contributed by atoms with Crippen molar-refractivity contribution in [3.8, 4) is 0 Å². The van der Waals surface area contributed by atoms with E-state index in [-0.39, 0.29) is 11.2 Å². The zero-order chi connectivity index (χ0) is 15.3. The summed E-state index contributed by atoms with van der Waals surface area (Å²) in [6.07, 6.45) is 0.929. The van der Waals surface area contributed by atoms with E-state index in [1.165, 1.54) is 5.56 Å². The van der Waals surface area contributed by atoms with E-state index in [9.17, 15) is 4.39 Å². The molecule has 20 heavy (non-hydrogen) atoms. The van der Waals surface area contributed by atoms with Crippen LogP contribution >= 0.6 is 0 Å². The van der Waals surface area contributed by atoms with Crippen LogP contribution in [-0.4, -0.2) is 13.1 Å². The van der Waals surface area contributed by atoms with Gasteiger partial charge in [-0.2, -0.15) is 0 Å². The van der Waals surface area contributed by atoms with Crippen molar-refractivity contribution in [1.82, 2.24) is 5.32 Å². The van der Waals surface area contributed by atoms with E-state index < -0.39 is 0 Å². The van der Waals surface area contributed by atoms with Gasteiger partial charge in [-0.3, -0.25) is 0 Å². The molecule has 1 aromatic rings. The highest BCUT2D eigenvalue weighted by molar-refractivity contribution is 5.27. The van der Waals surface area contributed by atoms with Crippen molar-refractivity contribution in [2.45, 2.75) is 48.0 Å². The predicted molar refractivity (Wildman–Crippen MR) is 85.5 cm³/mol. The quantitative estimate of drug-likeness (QED) is 0.803. The number of nitrogens with one attached hydrogen (secondary N) is 1. The third-order valence-electron chi connectivity index (χ3n) is 3.95. The topological polar surface area (TPSA) is 12.0 Å². The first-order valence-electron chi connectivity index (χ1n) is 7.66. The average Bonchev–Trinajstić information content (AvgIpc) is 2.30. The summed E-state index contributed by atoms with van der Waals surface area (Å²) in [5.41, 5.74) is 2.53. The minimum atomic E-state index is -0.131. The Hall–Kier alpha value is -0.890. The van der Waals surface area contributed by atoms with Gasteiger partial charge in [-0.05, 0) is 66.9 Å². The van der Waals surface area contributed by atoms with Crippen LogP contribution in [0.2, 0.25) is 0 Å². The summed E-state index contributed by atoms with van der Waals surface area (Å²) in [7, 11) is 0. The van der Waals surface area contributed by atoms with Crippen LogP contribution in [0.4, 0.5) is 4.39 Å². The van der Waals surface area contributed by atoms with Crippen LogP contribution < -0.4 is 5.32 Å². The smallest absolute Gasteiger partial charge is 0.123 e. The fourth-order valence-electron chi connectivity index (χ4n) is 2.36. The normalized spacial score (nSPS) is 13.8. The van der Waals surface area contributed by atoms with Gasteiger partial charge in [-0.25, -0.2) is 4.39 Å². The van der Waals surface area contributed by atoms with Crippen molar-refractivity contribution in [2.24, 2.45) is 17.3 Å². The largest absolute Gasteiger partial charge is 0.316 e. The van der Waals surface area contributed by atoms with E-state index in [1.54, 1.807) is 12.1 Å². The molecule has 0 aromatic heterocycles. The number of aryl methyl sites for hydroxylation is 1. The van der Waals surface area contributed by atoms with Gasteiger partial charge in [0, 0.05) is 0 Å². The minimum Gasteiger partial charge on any atom is -0.316 e. The van der Waals surface area contributed by atoms with Crippen molar-refractivity contribution in [2.75, 3.05) is 13.1 Å². The molecule has 0 bridgehead atoms. The summed E-state index contributed by atoms with van der Waals surface area (Å²) in [4.78, 5) is 0. The number of hydrogen-bond donors (Lipinski definition) is 1. The Balaban J connectivity index is 2.76. The third-order valence-corrected chi connectivity index (χ3v) is 3.95. The Morgan fingerprint density at radius 3 is 2.35 bits per heavy atom. The molecule has 1 N–H and O–H groups in total. The van der Waals surface area contributed by atoms with Gasteiger partial charge < -0.3 is 5.32 Å². The van der Waals surface area contributed by atoms with Crippen LogP contribution in [0.25, 0.3) is 0 Å². The lowest BCUT2D eigenvalue weighted by Crippen LogP contribution is -2.35. The average molecular weight is 279 g/mol. The lowest BCUT2D eigenvalue weighted by molar-refractivity contribution is 0.228. The second-order valence-corrected chi connectivity index (χ2v) is 7.39. The Bertz CT molecular complexity index is 418. The van der Waals surface area contributed by atoms with E-state index in [1.807, 2.05) is 6.07 Å². The van der Waals surface area contributed by atoms with Crippen LogP contribution in [0, 0.1) is 30.0 Å². The molecule has 0 saturated carbocycles. The summed E-state index contributed by atoms with van der Waals surface area (Å²) >= 11 is 0. The molecule has 1 aromatic carbocycles. The predicted octanol–water partition coefficient (Wildman–Crippen LogP) is 4.58. The lowest BCUT2D eigenvalue weighted by Gasteiger charge is -2.32. The molecule has 0 aliphatic rings. The summed E-state index contributed by atoms with van der Waals surface area (Å²) < 4.78 is 13.4. The molecule has 0 amide bonds. The number of halogens is 1. The van der Waals surface area contributed by atoms with Gasteiger partial charge in [0.1, 0.15) is 5.82 Å². The first-order valence-corrected chi connectivity index (χ1v) is 7.66. The molecule has 0 aliphatic heterocycles. The van der Waals surface area contributed by atoms with Crippen molar-refractivity contribution < 1.29 is 4.39 Å². The maximum Gasteiger partial charge on any atom is 0.123 e. The number of rotatable bonds is 6. The van der Waals surface area contributed by atoms with Gasteiger partial charge in [-0.15, -0.1) is 0 Å². The van der Waals surface area contributed by atoms with Crippen molar-refractivity contribution in [1.29, 1.82) is 0 Å². The van der Waals surface area contributed by atoms with Crippen LogP contribution in [-0.2, 0) is 6.42 Å². The van der Waals surface area contributed by atoms with Gasteiger partial charge in [0.05, 0.1) is 0 Å². The molecule has 1 nitrogen and oxygen atoms in total. The van der Waals surface area contributed by atoms with Crippen molar-refractivity contribution >= 4 is 0 Å². The highest BCUT2D eigenvalue weighted by Gasteiger charge is 2.25. The fraction of sp³-hybridized carbons (Fsp3) is 0.667. The van der Waals surface area contributed by atoms with Crippen molar-refractivity contribution in [3.63, 3.8) is 0 Å². The monoisotopic (exact) mass is 279 g/mol. The molecule has 1 atom stereocenters. The molecule has 1 rings (SSSR count). The maximum absolute atomic E-state index is 13.4. The molecule has 0 aliphatic carbocycles. The zero-order valence-electron chi connectivity index (χ0n) is 13.9. The molecule has 114 valence electrons. The van der Waals surface area contributed by atoms with E-state index in [2.05, 4.69) is 46.9 Å². The van der Waals surface area contributed by atoms with Gasteiger partial charge in [0.15, 0.2) is 0 Å². The van der Waals surface area contributed by atoms with Gasteiger partial charge in [0.25, 0.3) is 0 Å². The van der Waals surface area contributed by atoms with E-state index in [0.29, 0.717) is 11.8 Å². The zero-order valence-corrected chi connectivity index (χ0v) is 13.9. The highest BCUT2D eigenvalue weighted by atomic mass is 19.1. The van der Waals surface area contributed by atoms with Crippen LogP contribution in [0.15, 0.2) is 18.2 Å². The maximum atomic E-state index is 13.4. The van der Waals surface area contributed by atoms with E-state index in [4.69, 9.17) is 0 Å². The second-order valence-electron chi connectivity index (χ2n) is 7.39. The molecule has 0 fully saturated rings. The van der Waals surface area contributed by atoms with Crippen LogP contribution in [0.5, 0.6) is 0 Å². The number of hydrogen-bond acceptors (Lipinski definition) is 1. The van der Waals surface area contributed by atoms with Gasteiger partial charge in [0.2, 0.25) is 0 Å². The molecule has 1 unspecified atom stereocenters. The molecular formula is C18H30FN. The van der Waals surface area contributed by atoms with Crippen molar-refractivity contribution in [3.05, 3.63) is 35.1 Å². The van der Waals surface area contributed by atoms with Crippen LogP contribution in [0.3, 0.4) is 0 Å². The minimum absolute atomic E-state index is 0.131. The van der Waals surface area contributed by atoms with Crippen LogP contribution in [0.1, 0.15) is 45.7 Å². The first-order chi connectivity index (χ1) is 9.20. The summed E-state index contributed by atoms with van der Waals surface area (Å²) in [6.45, 7) is 15.3. The van der Waals surface area contributed by atoms with E-state index in [0.717, 1.165) is 25.1 Å². The molecular weight excluding hydrogens is 249 g/mol. The van der Waals surface area contributed by atoms with Gasteiger partial charge >= 0.3 is 0 Å². The highest BCUT2D eigenvalue weighted by Crippen LogP contribution is 2.29.